The molecule has 2 nitrogen and oxygen atoms in total. The molecule has 0 spiro atoms. The molecule has 0 aromatic carbocycles. The maximum Gasteiger partial charge on any atom is 0.433 e. The molecule has 0 aliphatic carbocycles. The first kappa shape index (κ1) is 9.05. The third-order valence-corrected chi connectivity index (χ3v) is 1.96. The molecule has 0 amide bonds. The molecule has 0 aliphatic heterocycles. The quantitative estimate of drug-likeness (QED) is 0.639. The first-order valence-corrected chi connectivity index (χ1v) is 3.99. The Morgan fingerprint density at radius 3 is 2.71 bits per heavy atom. The molecule has 0 fully saturated rings. The molecule has 0 aliphatic rings. The summed E-state index contributed by atoms with van der Waals surface area (Å²) in [5.74, 6) is 0. The van der Waals surface area contributed by atoms with E-state index in [2.05, 4.69) is 4.98 Å². The Morgan fingerprint density at radius 2 is 2.07 bits per heavy atom. The molecule has 0 N–H and O–H groups in total. The van der Waals surface area contributed by atoms with Gasteiger partial charge in [-0.25, -0.2) is 4.98 Å². The van der Waals surface area contributed by atoms with Gasteiger partial charge in [-0.2, -0.15) is 13.2 Å². The Balaban J connectivity index is 2.70. The van der Waals surface area contributed by atoms with Gasteiger partial charge in [0.25, 0.3) is 0 Å². The molecule has 0 atom stereocenters. The van der Waals surface area contributed by atoms with Gasteiger partial charge in [-0.1, -0.05) is 0 Å². The van der Waals surface area contributed by atoms with E-state index in [1.54, 1.807) is 12.1 Å². The highest BCUT2D eigenvalue weighted by molar-refractivity contribution is 5.43. The van der Waals surface area contributed by atoms with Crippen LogP contribution in [0.25, 0.3) is 5.65 Å². The summed E-state index contributed by atoms with van der Waals surface area (Å²) in [5, 5.41) is 0. The Labute approximate surface area is 78.0 Å². The maximum atomic E-state index is 12.4. The third kappa shape index (κ3) is 1.34. The zero-order valence-corrected chi connectivity index (χ0v) is 7.34. The van der Waals surface area contributed by atoms with Gasteiger partial charge in [-0.3, -0.25) is 4.40 Å². The minimum Gasteiger partial charge on any atom is -0.296 e. The Hall–Kier alpha value is -1.52. The number of pyridine rings is 1. The van der Waals surface area contributed by atoms with Gasteiger partial charge in [0.2, 0.25) is 0 Å². The summed E-state index contributed by atoms with van der Waals surface area (Å²) in [6.07, 6.45) is -2.13. The molecule has 14 heavy (non-hydrogen) atoms. The van der Waals surface area contributed by atoms with Crippen LogP contribution in [0, 0.1) is 6.92 Å². The van der Waals surface area contributed by atoms with Crippen molar-refractivity contribution in [3.05, 3.63) is 35.8 Å². The summed E-state index contributed by atoms with van der Waals surface area (Å²) < 4.78 is 38.2. The molecular weight excluding hydrogens is 193 g/mol. The van der Waals surface area contributed by atoms with E-state index in [0.29, 0.717) is 5.65 Å². The average molecular weight is 200 g/mol. The van der Waals surface area contributed by atoms with Gasteiger partial charge >= 0.3 is 6.18 Å². The lowest BCUT2D eigenvalue weighted by atomic mass is 10.3. The van der Waals surface area contributed by atoms with E-state index >= 15 is 0 Å². The van der Waals surface area contributed by atoms with E-state index in [9.17, 15) is 13.2 Å². The third-order valence-electron chi connectivity index (χ3n) is 1.96. The molecule has 2 aromatic heterocycles. The van der Waals surface area contributed by atoms with E-state index in [-0.39, 0.29) is 0 Å². The molecule has 0 bridgehead atoms. The van der Waals surface area contributed by atoms with Crippen LogP contribution in [-0.2, 0) is 6.18 Å². The smallest absolute Gasteiger partial charge is 0.296 e. The Morgan fingerprint density at radius 1 is 1.36 bits per heavy atom. The zero-order chi connectivity index (χ0) is 10.3. The first-order valence-electron chi connectivity index (χ1n) is 3.99. The fraction of sp³-hybridized carbons (Fsp3) is 0.222. The maximum absolute atomic E-state index is 12.4. The molecular formula is C9H7F3N2. The second-order valence-electron chi connectivity index (χ2n) is 3.07. The predicted octanol–water partition coefficient (Wildman–Crippen LogP) is 2.66. The Bertz CT molecular complexity index is 470. The monoisotopic (exact) mass is 200 g/mol. The van der Waals surface area contributed by atoms with Gasteiger partial charge in [0.15, 0.2) is 0 Å². The minimum atomic E-state index is -4.35. The molecule has 5 heteroatoms. The number of hydrogen-bond donors (Lipinski definition) is 0. The number of aryl methyl sites for hydroxylation is 1. The number of fused-ring (bicyclic) bond motifs is 1. The standard InChI is InChI=1S/C9H7F3N2/c1-6-2-3-14-7(9(10,11)12)5-13-8(14)4-6/h2-5H,1H3. The van der Waals surface area contributed by atoms with Crippen LogP contribution in [0.1, 0.15) is 11.3 Å². The lowest BCUT2D eigenvalue weighted by Gasteiger charge is -2.05. The van der Waals surface area contributed by atoms with Crippen molar-refractivity contribution >= 4 is 5.65 Å². The van der Waals surface area contributed by atoms with Crippen LogP contribution >= 0.6 is 0 Å². The highest BCUT2D eigenvalue weighted by Gasteiger charge is 2.34. The van der Waals surface area contributed by atoms with E-state index in [4.69, 9.17) is 0 Å². The zero-order valence-electron chi connectivity index (χ0n) is 7.34. The second-order valence-corrected chi connectivity index (χ2v) is 3.07. The van der Waals surface area contributed by atoms with E-state index in [1.807, 2.05) is 6.92 Å². The summed E-state index contributed by atoms with van der Waals surface area (Å²) in [5.41, 5.74) is 0.460. The lowest BCUT2D eigenvalue weighted by molar-refractivity contribution is -0.141. The summed E-state index contributed by atoms with van der Waals surface area (Å²) >= 11 is 0. The second kappa shape index (κ2) is 2.73. The van der Waals surface area contributed by atoms with Crippen molar-refractivity contribution in [2.45, 2.75) is 13.1 Å². The van der Waals surface area contributed by atoms with Crippen LogP contribution in [-0.4, -0.2) is 9.38 Å². The molecule has 2 rings (SSSR count). The highest BCUT2D eigenvalue weighted by Crippen LogP contribution is 2.29. The number of halogens is 3. The summed E-state index contributed by atoms with van der Waals surface area (Å²) in [7, 11) is 0. The Kier molecular flexibility index (Phi) is 1.77. The number of rotatable bonds is 0. The molecule has 0 saturated heterocycles. The summed E-state index contributed by atoms with van der Waals surface area (Å²) in [6, 6.07) is 3.22. The van der Waals surface area contributed by atoms with Crippen LogP contribution in [0.2, 0.25) is 0 Å². The number of nitrogens with zero attached hydrogens (tertiary/aromatic N) is 2. The fourth-order valence-electron chi connectivity index (χ4n) is 1.29. The van der Waals surface area contributed by atoms with Gasteiger partial charge in [0.1, 0.15) is 11.3 Å². The summed E-state index contributed by atoms with van der Waals surface area (Å²) in [4.78, 5) is 3.69. The molecule has 0 unspecified atom stereocenters. The van der Waals surface area contributed by atoms with Crippen LogP contribution in [0.3, 0.4) is 0 Å². The van der Waals surface area contributed by atoms with Crippen LogP contribution in [0.5, 0.6) is 0 Å². The molecule has 74 valence electrons. The van der Waals surface area contributed by atoms with Gasteiger partial charge < -0.3 is 0 Å². The van der Waals surface area contributed by atoms with Crippen molar-refractivity contribution in [3.63, 3.8) is 0 Å². The van der Waals surface area contributed by atoms with Crippen molar-refractivity contribution in [1.29, 1.82) is 0 Å². The minimum absolute atomic E-state index is 0.317. The SMILES string of the molecule is Cc1ccn2c(C(F)(F)F)cnc2c1. The van der Waals surface area contributed by atoms with E-state index in [1.165, 1.54) is 6.20 Å². The predicted molar refractivity (Wildman–Crippen MR) is 44.9 cm³/mol. The van der Waals surface area contributed by atoms with Crippen LogP contribution < -0.4 is 0 Å². The van der Waals surface area contributed by atoms with Gasteiger partial charge in [-0.05, 0) is 24.6 Å². The molecule has 0 radical (unpaired) electrons. The lowest BCUT2D eigenvalue weighted by Crippen LogP contribution is -2.08. The van der Waals surface area contributed by atoms with Crippen molar-refractivity contribution in [3.8, 4) is 0 Å². The normalized spacial score (nSPS) is 12.3. The van der Waals surface area contributed by atoms with Gasteiger partial charge in [0, 0.05) is 6.20 Å². The molecule has 0 saturated carbocycles. The number of aromatic nitrogens is 2. The van der Waals surface area contributed by atoms with E-state index in [0.717, 1.165) is 16.2 Å². The average Bonchev–Trinajstić information content (AvgIpc) is 2.45. The largest absolute Gasteiger partial charge is 0.433 e. The van der Waals surface area contributed by atoms with Crippen LogP contribution in [0.4, 0.5) is 13.2 Å². The molecule has 2 aromatic rings. The topological polar surface area (TPSA) is 17.3 Å². The number of hydrogen-bond acceptors (Lipinski definition) is 1. The first-order chi connectivity index (χ1) is 6.48. The summed E-state index contributed by atoms with van der Waals surface area (Å²) in [6.45, 7) is 1.81. The number of imidazole rings is 1. The fourth-order valence-corrected chi connectivity index (χ4v) is 1.29. The van der Waals surface area contributed by atoms with Gasteiger partial charge in [-0.15, -0.1) is 0 Å². The molecule has 2 heterocycles. The van der Waals surface area contributed by atoms with Crippen molar-refractivity contribution in [2.75, 3.05) is 0 Å². The van der Waals surface area contributed by atoms with Crippen molar-refractivity contribution in [2.24, 2.45) is 0 Å². The van der Waals surface area contributed by atoms with Crippen LogP contribution in [0.15, 0.2) is 24.5 Å². The van der Waals surface area contributed by atoms with Crippen molar-refractivity contribution < 1.29 is 13.2 Å². The number of alkyl halides is 3. The van der Waals surface area contributed by atoms with E-state index < -0.39 is 11.9 Å². The van der Waals surface area contributed by atoms with Gasteiger partial charge in [0.05, 0.1) is 6.20 Å². The highest BCUT2D eigenvalue weighted by atomic mass is 19.4. The van der Waals surface area contributed by atoms with Crippen molar-refractivity contribution in [1.82, 2.24) is 9.38 Å².